The van der Waals surface area contributed by atoms with Crippen LogP contribution in [0.25, 0.3) is 0 Å². The van der Waals surface area contributed by atoms with Gasteiger partial charge >= 0.3 is 23.9 Å². The van der Waals surface area contributed by atoms with E-state index in [2.05, 4.69) is 13.2 Å². The molecule has 1 atom stereocenters. The van der Waals surface area contributed by atoms with E-state index in [1.165, 1.54) is 13.8 Å². The molecule has 0 rings (SSSR count). The summed E-state index contributed by atoms with van der Waals surface area (Å²) >= 11 is 0. The Balaban J connectivity index is 4.37. The summed E-state index contributed by atoms with van der Waals surface area (Å²) in [5.41, 5.74) is 0.273. The van der Waals surface area contributed by atoms with Crippen molar-refractivity contribution >= 4 is 32.6 Å². The third-order valence-corrected chi connectivity index (χ3v) is 4.95. The molecular weight excluding hydrogens is 468 g/mol. The van der Waals surface area contributed by atoms with Crippen LogP contribution in [0.2, 0.25) is 12.6 Å². The van der Waals surface area contributed by atoms with Gasteiger partial charge in [-0.05, 0) is 32.9 Å². The van der Waals surface area contributed by atoms with E-state index in [1.54, 1.807) is 6.55 Å². The van der Waals surface area contributed by atoms with Crippen molar-refractivity contribution in [2.75, 3.05) is 33.0 Å². The van der Waals surface area contributed by atoms with Gasteiger partial charge in [0.25, 0.3) is 8.68 Å². The molecule has 0 aromatic rings. The second kappa shape index (κ2) is 17.7. The lowest BCUT2D eigenvalue weighted by Crippen LogP contribution is -2.31. The molecule has 11 nitrogen and oxygen atoms in total. The van der Waals surface area contributed by atoms with Crippen molar-refractivity contribution in [3.05, 3.63) is 24.3 Å². The summed E-state index contributed by atoms with van der Waals surface area (Å²) < 4.78 is 36.1. The molecule has 0 saturated carbocycles. The summed E-state index contributed by atoms with van der Waals surface area (Å²) in [4.78, 5) is 47.0. The molecule has 0 aliphatic rings. The van der Waals surface area contributed by atoms with Crippen LogP contribution in [-0.4, -0.2) is 82.9 Å². The zero-order valence-corrected chi connectivity index (χ0v) is 21.0. The summed E-state index contributed by atoms with van der Waals surface area (Å²) in [6.07, 6.45) is -2.18. The number of rotatable bonds is 18. The Kier molecular flexibility index (Phi) is 16.3. The van der Waals surface area contributed by atoms with Crippen molar-refractivity contribution < 1.29 is 52.4 Å². The molecule has 1 N–H and O–H groups in total. The molecule has 0 aromatic carbocycles. The van der Waals surface area contributed by atoms with E-state index in [1.807, 2.05) is 0 Å². The monoisotopic (exact) mass is 502 g/mol. The number of aliphatic hydroxyl groups excluding tert-OH is 1. The van der Waals surface area contributed by atoms with Crippen LogP contribution in [0.4, 0.5) is 0 Å². The molecule has 0 amide bonds. The number of esters is 4. The topological polar surface area (TPSA) is 152 Å². The molecule has 0 aromatic heterocycles. The zero-order valence-electron chi connectivity index (χ0n) is 20.0. The van der Waals surface area contributed by atoms with E-state index in [-0.39, 0.29) is 50.4 Å². The number of ether oxygens (including phenoxy) is 5. The van der Waals surface area contributed by atoms with Gasteiger partial charge in [-0.1, -0.05) is 13.2 Å². The zero-order chi connectivity index (χ0) is 26.1. The van der Waals surface area contributed by atoms with Gasteiger partial charge in [0.2, 0.25) is 0 Å². The maximum absolute atomic E-state index is 12.1. The van der Waals surface area contributed by atoms with Crippen LogP contribution in [0.15, 0.2) is 24.3 Å². The second-order valence-electron chi connectivity index (χ2n) is 7.59. The first-order chi connectivity index (χ1) is 15.9. The van der Waals surface area contributed by atoms with Crippen LogP contribution in [0.5, 0.6) is 0 Å². The van der Waals surface area contributed by atoms with Crippen LogP contribution in [-0.2, 0) is 47.3 Å². The van der Waals surface area contributed by atoms with Gasteiger partial charge in [0.05, 0.1) is 19.4 Å². The maximum atomic E-state index is 12.1. The Morgan fingerprint density at radius 1 is 0.853 bits per heavy atom. The van der Waals surface area contributed by atoms with Crippen LogP contribution < -0.4 is 0 Å². The van der Waals surface area contributed by atoms with Gasteiger partial charge in [-0.2, -0.15) is 0 Å². The molecule has 0 fully saturated rings. The van der Waals surface area contributed by atoms with Gasteiger partial charge in [-0.3, -0.25) is 9.59 Å². The van der Waals surface area contributed by atoms with Crippen LogP contribution in [0.3, 0.4) is 0 Å². The van der Waals surface area contributed by atoms with Crippen molar-refractivity contribution in [3.63, 3.8) is 0 Å². The Bertz CT molecular complexity index is 717. The van der Waals surface area contributed by atoms with Crippen molar-refractivity contribution in [1.82, 2.24) is 0 Å². The van der Waals surface area contributed by atoms with E-state index in [0.717, 1.165) is 0 Å². The summed E-state index contributed by atoms with van der Waals surface area (Å²) in [7, 11) is -1.55. The standard InChI is InChI=1S/C22H34O11Si/c1-15(2)21(26)31-13-18(14-32-22(27)16(3)4)33-20(25)8-7-19(24)30-12-17(23)11-29-9-6-10-34(5)28/h17-18,23H,1,3,6-14H2,2,4-5H3. The lowest BCUT2D eigenvalue weighted by Gasteiger charge is -2.18. The summed E-state index contributed by atoms with van der Waals surface area (Å²) in [6, 6.07) is 0.569. The molecule has 0 radical (unpaired) electrons. The SMILES string of the molecule is C=C(C)C(=O)OCC(COC(=O)C(=C)C)OC(=O)CCC(=O)OCC(O)COCCC[Si](C)=O. The molecular formula is C22H34O11Si. The van der Waals surface area contributed by atoms with Gasteiger partial charge in [0.1, 0.15) is 25.9 Å². The Hall–Kier alpha value is -2.70. The molecule has 34 heavy (non-hydrogen) atoms. The number of carbonyl (C=O) groups excluding carboxylic acids is 4. The number of carbonyl (C=O) groups is 4. The second-order valence-corrected chi connectivity index (χ2v) is 9.49. The molecule has 0 bridgehead atoms. The van der Waals surface area contributed by atoms with Gasteiger partial charge in [0, 0.05) is 17.8 Å². The molecule has 0 aliphatic heterocycles. The fourth-order valence-corrected chi connectivity index (χ4v) is 2.74. The molecule has 0 spiro atoms. The first kappa shape index (κ1) is 31.3. The smallest absolute Gasteiger partial charge is 0.333 e. The lowest BCUT2D eigenvalue weighted by molar-refractivity contribution is -0.165. The molecule has 0 aliphatic carbocycles. The molecule has 0 saturated heterocycles. The third-order valence-electron chi connectivity index (χ3n) is 3.89. The molecule has 0 heterocycles. The highest BCUT2D eigenvalue weighted by atomic mass is 28.3. The lowest BCUT2D eigenvalue weighted by atomic mass is 10.3. The van der Waals surface area contributed by atoms with Crippen LogP contribution in [0, 0.1) is 0 Å². The maximum Gasteiger partial charge on any atom is 0.333 e. The first-order valence-electron chi connectivity index (χ1n) is 10.7. The van der Waals surface area contributed by atoms with Crippen molar-refractivity contribution in [2.45, 2.75) is 57.9 Å². The molecule has 12 heteroatoms. The first-order valence-corrected chi connectivity index (χ1v) is 12.8. The number of hydrogen-bond donors (Lipinski definition) is 1. The van der Waals surface area contributed by atoms with Crippen molar-refractivity contribution in [3.8, 4) is 0 Å². The minimum absolute atomic E-state index is 0.0482. The van der Waals surface area contributed by atoms with Gasteiger partial charge in [-0.15, -0.1) is 0 Å². The quantitative estimate of drug-likeness (QED) is 0.0948. The predicted octanol–water partition coefficient (Wildman–Crippen LogP) is 1.28. The number of aliphatic hydroxyl groups is 1. The Morgan fingerprint density at radius 3 is 1.88 bits per heavy atom. The van der Waals surface area contributed by atoms with Crippen LogP contribution >= 0.6 is 0 Å². The van der Waals surface area contributed by atoms with E-state index >= 15 is 0 Å². The largest absolute Gasteiger partial charge is 0.463 e. The highest BCUT2D eigenvalue weighted by molar-refractivity contribution is 6.40. The van der Waals surface area contributed by atoms with E-state index < -0.39 is 44.8 Å². The minimum atomic E-state index is -1.55. The summed E-state index contributed by atoms with van der Waals surface area (Å²) in [5.74, 6) is -2.96. The van der Waals surface area contributed by atoms with E-state index in [4.69, 9.17) is 23.7 Å². The van der Waals surface area contributed by atoms with E-state index in [0.29, 0.717) is 19.1 Å². The Labute approximate surface area is 200 Å². The summed E-state index contributed by atoms with van der Waals surface area (Å²) in [6.45, 7) is 10.6. The third kappa shape index (κ3) is 16.9. The average molecular weight is 503 g/mol. The predicted molar refractivity (Wildman–Crippen MR) is 120 cm³/mol. The number of hydrogen-bond acceptors (Lipinski definition) is 11. The van der Waals surface area contributed by atoms with Crippen molar-refractivity contribution in [2.24, 2.45) is 0 Å². The Morgan fingerprint density at radius 2 is 1.38 bits per heavy atom. The fourth-order valence-electron chi connectivity index (χ4n) is 2.10. The highest BCUT2D eigenvalue weighted by Crippen LogP contribution is 2.05. The van der Waals surface area contributed by atoms with Crippen LogP contribution in [0.1, 0.15) is 33.1 Å². The van der Waals surface area contributed by atoms with Gasteiger partial charge in [0.15, 0.2) is 6.10 Å². The van der Waals surface area contributed by atoms with Gasteiger partial charge in [-0.25, -0.2) is 9.59 Å². The summed E-state index contributed by atoms with van der Waals surface area (Å²) in [5, 5.41) is 9.74. The van der Waals surface area contributed by atoms with E-state index in [9.17, 15) is 28.7 Å². The molecule has 192 valence electrons. The molecule has 1 unspecified atom stereocenters. The normalized spacial score (nSPS) is 11.3. The minimum Gasteiger partial charge on any atom is -0.463 e. The average Bonchev–Trinajstić information content (AvgIpc) is 2.76. The van der Waals surface area contributed by atoms with Crippen molar-refractivity contribution in [1.29, 1.82) is 0 Å². The fraction of sp³-hybridized carbons (Fsp3) is 0.636. The van der Waals surface area contributed by atoms with Gasteiger partial charge < -0.3 is 33.3 Å². The highest BCUT2D eigenvalue weighted by Gasteiger charge is 2.21.